The third-order valence-corrected chi connectivity index (χ3v) is 3.56. The zero-order valence-electron chi connectivity index (χ0n) is 11.1. The molecule has 3 rings (SSSR count). The van der Waals surface area contributed by atoms with Crippen molar-refractivity contribution in [3.05, 3.63) is 64.7 Å². The van der Waals surface area contributed by atoms with E-state index in [1.54, 1.807) is 18.2 Å². The predicted octanol–water partition coefficient (Wildman–Crippen LogP) is 3.30. The summed E-state index contributed by atoms with van der Waals surface area (Å²) in [4.78, 5) is 11.0. The molecule has 0 amide bonds. The van der Waals surface area contributed by atoms with Gasteiger partial charge in [-0.2, -0.15) is 0 Å². The van der Waals surface area contributed by atoms with E-state index >= 15 is 0 Å². The zero-order valence-corrected chi connectivity index (χ0v) is 11.1. The first-order chi connectivity index (χ1) is 9.72. The Labute approximate surface area is 117 Å². The quantitative estimate of drug-likeness (QED) is 0.929. The van der Waals surface area contributed by atoms with E-state index in [-0.39, 0.29) is 0 Å². The van der Waals surface area contributed by atoms with Gasteiger partial charge in [0, 0.05) is 0 Å². The first kappa shape index (κ1) is 12.7. The molecule has 0 spiro atoms. The molecule has 0 saturated heterocycles. The summed E-state index contributed by atoms with van der Waals surface area (Å²) in [6.45, 7) is 0.799. The van der Waals surface area contributed by atoms with Crippen LogP contribution in [0.15, 0.2) is 42.5 Å². The van der Waals surface area contributed by atoms with E-state index < -0.39 is 5.97 Å². The number of carboxylic acid groups (broad SMARTS) is 1. The average molecular weight is 268 g/mol. The van der Waals surface area contributed by atoms with E-state index in [9.17, 15) is 4.79 Å². The molecule has 1 N–H and O–H groups in total. The molecule has 20 heavy (non-hydrogen) atoms. The number of carbonyl (C=O) groups is 1. The van der Waals surface area contributed by atoms with Crippen LogP contribution in [0.2, 0.25) is 0 Å². The lowest BCUT2D eigenvalue weighted by Gasteiger charge is -2.18. The van der Waals surface area contributed by atoms with Gasteiger partial charge in [-0.25, -0.2) is 4.79 Å². The highest BCUT2D eigenvalue weighted by Crippen LogP contribution is 2.26. The molecule has 3 nitrogen and oxygen atoms in total. The van der Waals surface area contributed by atoms with Gasteiger partial charge in [0.2, 0.25) is 0 Å². The maximum atomic E-state index is 11.0. The first-order valence-corrected chi connectivity index (χ1v) is 6.79. The second-order valence-electron chi connectivity index (χ2n) is 5.08. The topological polar surface area (TPSA) is 46.5 Å². The number of rotatable bonds is 3. The Bertz CT molecular complexity index is 646. The Hall–Kier alpha value is -2.29. The molecule has 1 aliphatic rings. The number of carboxylic acids is 1. The second kappa shape index (κ2) is 5.37. The summed E-state index contributed by atoms with van der Waals surface area (Å²) in [5.74, 6) is 0.102. The Kier molecular flexibility index (Phi) is 3.42. The summed E-state index contributed by atoms with van der Waals surface area (Å²) in [7, 11) is 0. The van der Waals surface area contributed by atoms with Crippen molar-refractivity contribution in [2.24, 2.45) is 0 Å². The van der Waals surface area contributed by atoms with Gasteiger partial charge in [-0.15, -0.1) is 0 Å². The van der Waals surface area contributed by atoms with Crippen molar-refractivity contribution in [1.82, 2.24) is 0 Å². The highest BCUT2D eigenvalue weighted by Gasteiger charge is 2.11. The van der Waals surface area contributed by atoms with Gasteiger partial charge in [-0.05, 0) is 54.2 Å². The van der Waals surface area contributed by atoms with Gasteiger partial charge in [-0.1, -0.05) is 24.3 Å². The van der Waals surface area contributed by atoms with Crippen LogP contribution in [0.4, 0.5) is 0 Å². The SMILES string of the molecule is O=C(O)c1cccc(Cc2ccc3c(c2)CCCO3)c1. The number of aryl methyl sites for hydroxylation is 1. The van der Waals surface area contributed by atoms with Crippen LogP contribution in [0.1, 0.15) is 33.5 Å². The Morgan fingerprint density at radius 1 is 1.15 bits per heavy atom. The van der Waals surface area contributed by atoms with E-state index in [0.717, 1.165) is 37.2 Å². The van der Waals surface area contributed by atoms with Crippen LogP contribution in [0.5, 0.6) is 5.75 Å². The van der Waals surface area contributed by atoms with Crippen molar-refractivity contribution in [1.29, 1.82) is 0 Å². The highest BCUT2D eigenvalue weighted by molar-refractivity contribution is 5.87. The Morgan fingerprint density at radius 2 is 2.00 bits per heavy atom. The summed E-state index contributed by atoms with van der Waals surface area (Å²) >= 11 is 0. The maximum Gasteiger partial charge on any atom is 0.335 e. The van der Waals surface area contributed by atoms with Gasteiger partial charge >= 0.3 is 5.97 Å². The number of ether oxygens (including phenoxy) is 1. The number of aromatic carboxylic acids is 1. The molecule has 0 aromatic heterocycles. The number of hydrogen-bond acceptors (Lipinski definition) is 2. The van der Waals surface area contributed by atoms with Gasteiger partial charge < -0.3 is 9.84 Å². The van der Waals surface area contributed by atoms with Crippen LogP contribution in [0.3, 0.4) is 0 Å². The third-order valence-electron chi connectivity index (χ3n) is 3.56. The van der Waals surface area contributed by atoms with E-state index in [1.807, 2.05) is 12.1 Å². The second-order valence-corrected chi connectivity index (χ2v) is 5.08. The van der Waals surface area contributed by atoms with Gasteiger partial charge in [0.25, 0.3) is 0 Å². The molecule has 0 fully saturated rings. The normalized spacial score (nSPS) is 13.4. The number of benzene rings is 2. The van der Waals surface area contributed by atoms with Gasteiger partial charge in [0.15, 0.2) is 0 Å². The fourth-order valence-electron chi connectivity index (χ4n) is 2.57. The summed E-state index contributed by atoms with van der Waals surface area (Å²) in [5, 5.41) is 9.02. The molecular weight excluding hydrogens is 252 g/mol. The monoisotopic (exact) mass is 268 g/mol. The van der Waals surface area contributed by atoms with E-state index in [1.165, 1.54) is 11.1 Å². The number of fused-ring (bicyclic) bond motifs is 1. The minimum atomic E-state index is -0.884. The lowest BCUT2D eigenvalue weighted by molar-refractivity contribution is 0.0697. The number of hydrogen-bond donors (Lipinski definition) is 1. The first-order valence-electron chi connectivity index (χ1n) is 6.79. The molecule has 102 valence electrons. The minimum absolute atomic E-state index is 0.337. The lowest BCUT2D eigenvalue weighted by Crippen LogP contribution is -2.08. The molecular formula is C17H16O3. The van der Waals surface area contributed by atoms with Crippen LogP contribution in [-0.2, 0) is 12.8 Å². The molecule has 2 aromatic carbocycles. The zero-order chi connectivity index (χ0) is 13.9. The van der Waals surface area contributed by atoms with Crippen LogP contribution in [-0.4, -0.2) is 17.7 Å². The molecule has 0 bridgehead atoms. The van der Waals surface area contributed by atoms with Crippen molar-refractivity contribution >= 4 is 5.97 Å². The maximum absolute atomic E-state index is 11.0. The minimum Gasteiger partial charge on any atom is -0.493 e. The van der Waals surface area contributed by atoms with Gasteiger partial charge in [0.1, 0.15) is 5.75 Å². The third kappa shape index (κ3) is 2.67. The largest absolute Gasteiger partial charge is 0.493 e. The molecule has 0 saturated carbocycles. The molecule has 1 aliphatic heterocycles. The van der Waals surface area contributed by atoms with Crippen molar-refractivity contribution in [3.8, 4) is 5.75 Å². The van der Waals surface area contributed by atoms with E-state index in [2.05, 4.69) is 12.1 Å². The van der Waals surface area contributed by atoms with E-state index in [4.69, 9.17) is 9.84 Å². The van der Waals surface area contributed by atoms with Crippen molar-refractivity contribution < 1.29 is 14.6 Å². The summed E-state index contributed by atoms with van der Waals surface area (Å²) in [6, 6.07) is 13.3. The Balaban J connectivity index is 1.84. The van der Waals surface area contributed by atoms with Crippen molar-refractivity contribution in [2.45, 2.75) is 19.3 Å². The summed E-state index contributed by atoms with van der Waals surface area (Å²) in [5.41, 5.74) is 3.80. The highest BCUT2D eigenvalue weighted by atomic mass is 16.5. The summed E-state index contributed by atoms with van der Waals surface area (Å²) < 4.78 is 5.60. The fourth-order valence-corrected chi connectivity index (χ4v) is 2.57. The molecule has 3 heteroatoms. The van der Waals surface area contributed by atoms with Crippen LogP contribution >= 0.6 is 0 Å². The molecule has 2 aromatic rings. The van der Waals surface area contributed by atoms with Crippen molar-refractivity contribution in [3.63, 3.8) is 0 Å². The lowest BCUT2D eigenvalue weighted by atomic mass is 9.98. The van der Waals surface area contributed by atoms with Crippen molar-refractivity contribution in [2.75, 3.05) is 6.61 Å². The molecule has 0 radical (unpaired) electrons. The molecule has 0 aliphatic carbocycles. The molecule has 0 unspecified atom stereocenters. The van der Waals surface area contributed by atoms with Gasteiger partial charge in [0.05, 0.1) is 12.2 Å². The van der Waals surface area contributed by atoms with Crippen LogP contribution in [0.25, 0.3) is 0 Å². The van der Waals surface area contributed by atoms with E-state index in [0.29, 0.717) is 5.56 Å². The van der Waals surface area contributed by atoms with Crippen LogP contribution < -0.4 is 4.74 Å². The smallest absolute Gasteiger partial charge is 0.335 e. The van der Waals surface area contributed by atoms with Crippen LogP contribution in [0, 0.1) is 0 Å². The fraction of sp³-hybridized carbons (Fsp3) is 0.235. The molecule has 1 heterocycles. The average Bonchev–Trinajstić information content (AvgIpc) is 2.47. The van der Waals surface area contributed by atoms with Gasteiger partial charge in [-0.3, -0.25) is 0 Å². The summed E-state index contributed by atoms with van der Waals surface area (Å²) in [6.07, 6.45) is 2.86. The standard InChI is InChI=1S/C17H16O3/c18-17(19)15-4-1-3-12(11-15)9-13-6-7-16-14(10-13)5-2-8-20-16/h1,3-4,6-7,10-11H,2,5,8-9H2,(H,18,19). The predicted molar refractivity (Wildman–Crippen MR) is 76.5 cm³/mol. The molecule has 0 atom stereocenters. The Morgan fingerprint density at radius 3 is 2.85 bits per heavy atom.